The van der Waals surface area contributed by atoms with Crippen LogP contribution in [0.5, 0.6) is 0 Å². The van der Waals surface area contributed by atoms with Gasteiger partial charge >= 0.3 is 0 Å². The Labute approximate surface area is 113 Å². The van der Waals surface area contributed by atoms with Crippen LogP contribution in [-0.4, -0.2) is 33.7 Å². The third-order valence-corrected chi connectivity index (χ3v) is 4.43. The van der Waals surface area contributed by atoms with Crippen LogP contribution in [0.15, 0.2) is 24.3 Å². The number of para-hydroxylation sites is 1. The number of hydrogen-bond acceptors (Lipinski definition) is 3. The van der Waals surface area contributed by atoms with E-state index in [-0.39, 0.29) is 5.60 Å². The molecule has 0 saturated heterocycles. The minimum Gasteiger partial charge on any atom is -0.390 e. The average molecular weight is 260 g/mol. The van der Waals surface area contributed by atoms with Gasteiger partial charge in [-0.05, 0) is 25.3 Å². The Bertz CT molecular complexity index is 581. The van der Waals surface area contributed by atoms with Crippen molar-refractivity contribution in [1.29, 1.82) is 0 Å². The summed E-state index contributed by atoms with van der Waals surface area (Å²) in [5.41, 5.74) is 1.71. The summed E-state index contributed by atoms with van der Waals surface area (Å²) < 4.78 is 7.41. The molecule has 0 aliphatic heterocycles. The van der Waals surface area contributed by atoms with E-state index in [0.717, 1.165) is 35.9 Å². The summed E-state index contributed by atoms with van der Waals surface area (Å²) in [5, 5.41) is 16.1. The fourth-order valence-electron chi connectivity index (χ4n) is 3.01. The second-order valence-electron chi connectivity index (χ2n) is 5.43. The highest BCUT2D eigenvalue weighted by molar-refractivity contribution is 5.81. The van der Waals surface area contributed by atoms with Crippen molar-refractivity contribution in [2.75, 3.05) is 7.11 Å². The maximum atomic E-state index is 10.5. The van der Waals surface area contributed by atoms with Crippen molar-refractivity contribution in [3.8, 4) is 0 Å². The van der Waals surface area contributed by atoms with Crippen molar-refractivity contribution in [3.05, 3.63) is 30.0 Å². The molecule has 1 atom stereocenters. The fraction of sp³-hybridized carbons (Fsp3) is 0.533. The van der Waals surface area contributed by atoms with Gasteiger partial charge in [-0.3, -0.25) is 4.68 Å². The number of fused-ring (bicyclic) bond motifs is 1. The Morgan fingerprint density at radius 1 is 1.42 bits per heavy atom. The molecule has 102 valence electrons. The summed E-state index contributed by atoms with van der Waals surface area (Å²) in [6, 6.07) is 8.13. The van der Waals surface area contributed by atoms with Crippen molar-refractivity contribution in [2.45, 2.75) is 37.4 Å². The summed E-state index contributed by atoms with van der Waals surface area (Å²) in [5.74, 6) is 0. The largest absolute Gasteiger partial charge is 0.390 e. The lowest BCUT2D eigenvalue weighted by atomic mass is 9.74. The van der Waals surface area contributed by atoms with Gasteiger partial charge in [-0.1, -0.05) is 18.2 Å². The van der Waals surface area contributed by atoms with Crippen LogP contribution in [0.2, 0.25) is 0 Å². The van der Waals surface area contributed by atoms with E-state index in [0.29, 0.717) is 6.42 Å². The van der Waals surface area contributed by atoms with Crippen molar-refractivity contribution < 1.29 is 9.84 Å². The van der Waals surface area contributed by atoms with Gasteiger partial charge in [-0.2, -0.15) is 5.10 Å². The minimum absolute atomic E-state index is 0.349. The molecule has 4 heteroatoms. The Kier molecular flexibility index (Phi) is 3.07. The number of aryl methyl sites for hydroxylation is 1. The molecule has 1 heterocycles. The molecular formula is C15H20N2O2. The van der Waals surface area contributed by atoms with E-state index in [1.807, 2.05) is 29.9 Å². The first-order chi connectivity index (χ1) is 9.16. The molecule has 1 N–H and O–H groups in total. The zero-order valence-corrected chi connectivity index (χ0v) is 11.5. The van der Waals surface area contributed by atoms with Gasteiger partial charge in [-0.15, -0.1) is 0 Å². The van der Waals surface area contributed by atoms with Crippen molar-refractivity contribution in [2.24, 2.45) is 7.05 Å². The Morgan fingerprint density at radius 3 is 2.79 bits per heavy atom. The molecule has 2 aromatic rings. The van der Waals surface area contributed by atoms with E-state index in [2.05, 4.69) is 11.2 Å². The van der Waals surface area contributed by atoms with Crippen molar-refractivity contribution >= 4 is 10.9 Å². The number of aliphatic hydroxyl groups excluding tert-OH is 1. The summed E-state index contributed by atoms with van der Waals surface area (Å²) in [4.78, 5) is 0. The highest BCUT2D eigenvalue weighted by atomic mass is 16.5. The molecule has 0 bridgehead atoms. The fourth-order valence-corrected chi connectivity index (χ4v) is 3.01. The second-order valence-corrected chi connectivity index (χ2v) is 5.43. The monoisotopic (exact) mass is 260 g/mol. The summed E-state index contributed by atoms with van der Waals surface area (Å²) in [6.45, 7) is 0. The second kappa shape index (κ2) is 4.62. The van der Waals surface area contributed by atoms with Crippen LogP contribution in [0, 0.1) is 0 Å². The van der Waals surface area contributed by atoms with Crippen molar-refractivity contribution in [1.82, 2.24) is 9.78 Å². The Hall–Kier alpha value is -1.39. The number of aliphatic hydroxyl groups is 1. The number of benzene rings is 1. The molecule has 1 aromatic heterocycles. The molecular weight excluding hydrogens is 240 g/mol. The van der Waals surface area contributed by atoms with Crippen LogP contribution in [0.1, 0.15) is 25.0 Å². The molecule has 19 heavy (non-hydrogen) atoms. The number of hydrogen-bond donors (Lipinski definition) is 1. The van der Waals surface area contributed by atoms with Crippen LogP contribution in [0.4, 0.5) is 0 Å². The van der Waals surface area contributed by atoms with Gasteiger partial charge in [0.2, 0.25) is 0 Å². The van der Waals surface area contributed by atoms with Gasteiger partial charge in [0.1, 0.15) is 0 Å². The highest BCUT2D eigenvalue weighted by Crippen LogP contribution is 2.39. The molecule has 0 spiro atoms. The number of nitrogens with zero attached hydrogens (tertiary/aromatic N) is 2. The molecule has 4 nitrogen and oxygen atoms in total. The summed E-state index contributed by atoms with van der Waals surface area (Å²) >= 11 is 0. The van der Waals surface area contributed by atoms with Crippen molar-refractivity contribution in [3.63, 3.8) is 0 Å². The first-order valence-electron chi connectivity index (χ1n) is 6.80. The molecule has 1 aliphatic carbocycles. The van der Waals surface area contributed by atoms with Gasteiger partial charge in [0, 0.05) is 26.0 Å². The third kappa shape index (κ3) is 1.95. The normalized spacial score (nSPS) is 19.3. The molecule has 1 aromatic carbocycles. The topological polar surface area (TPSA) is 47.3 Å². The van der Waals surface area contributed by atoms with Gasteiger partial charge in [-0.25, -0.2) is 0 Å². The van der Waals surface area contributed by atoms with Crippen LogP contribution in [0.3, 0.4) is 0 Å². The average Bonchev–Trinajstić information content (AvgIpc) is 2.66. The highest BCUT2D eigenvalue weighted by Gasteiger charge is 2.44. The lowest BCUT2D eigenvalue weighted by Crippen LogP contribution is -2.50. The SMILES string of the molecule is COC1(C(O)Cc2nn(C)c3ccccc23)CCC1. The lowest BCUT2D eigenvalue weighted by Gasteiger charge is -2.44. The number of ether oxygens (including phenoxy) is 1. The van der Waals surface area contributed by atoms with E-state index in [1.54, 1.807) is 7.11 Å². The molecule has 1 saturated carbocycles. The zero-order chi connectivity index (χ0) is 13.5. The van der Waals surface area contributed by atoms with Crippen LogP contribution >= 0.6 is 0 Å². The van der Waals surface area contributed by atoms with Crippen LogP contribution < -0.4 is 0 Å². The predicted octanol–water partition coefficient (Wildman–Crippen LogP) is 2.05. The standard InChI is InChI=1S/C15H20N2O2/c1-17-13-7-4-3-6-11(13)12(16-17)10-14(18)15(19-2)8-5-9-15/h3-4,6-7,14,18H,5,8-10H2,1-2H3. The van der Waals surface area contributed by atoms with Crippen LogP contribution in [0.25, 0.3) is 10.9 Å². The number of methoxy groups -OCH3 is 1. The van der Waals surface area contributed by atoms with Gasteiger partial charge in [0.05, 0.1) is 22.9 Å². The quantitative estimate of drug-likeness (QED) is 0.915. The smallest absolute Gasteiger partial charge is 0.0940 e. The molecule has 1 fully saturated rings. The number of aromatic nitrogens is 2. The molecule has 3 rings (SSSR count). The van der Waals surface area contributed by atoms with Gasteiger partial charge in [0.15, 0.2) is 0 Å². The molecule has 1 unspecified atom stereocenters. The first-order valence-corrected chi connectivity index (χ1v) is 6.80. The Balaban J connectivity index is 1.89. The minimum atomic E-state index is -0.482. The zero-order valence-electron chi connectivity index (χ0n) is 11.5. The van der Waals surface area contributed by atoms with Gasteiger partial charge in [0.25, 0.3) is 0 Å². The van der Waals surface area contributed by atoms with E-state index < -0.39 is 6.10 Å². The van der Waals surface area contributed by atoms with E-state index in [1.165, 1.54) is 0 Å². The van der Waals surface area contributed by atoms with E-state index >= 15 is 0 Å². The third-order valence-electron chi connectivity index (χ3n) is 4.43. The van der Waals surface area contributed by atoms with Gasteiger partial charge < -0.3 is 9.84 Å². The molecule has 1 aliphatic rings. The maximum Gasteiger partial charge on any atom is 0.0940 e. The predicted molar refractivity (Wildman–Crippen MR) is 74.0 cm³/mol. The Morgan fingerprint density at radius 2 is 2.16 bits per heavy atom. The maximum absolute atomic E-state index is 10.5. The van der Waals surface area contributed by atoms with E-state index in [4.69, 9.17) is 4.74 Å². The summed E-state index contributed by atoms with van der Waals surface area (Å²) in [6.07, 6.45) is 3.08. The first kappa shape index (κ1) is 12.6. The lowest BCUT2D eigenvalue weighted by molar-refractivity contribution is -0.148. The molecule has 0 amide bonds. The number of rotatable bonds is 4. The molecule has 0 radical (unpaired) electrons. The summed E-state index contributed by atoms with van der Waals surface area (Å²) in [7, 11) is 3.63. The van der Waals surface area contributed by atoms with Crippen LogP contribution in [-0.2, 0) is 18.2 Å². The van der Waals surface area contributed by atoms with E-state index in [9.17, 15) is 5.11 Å².